The number of benzene rings is 2. The number of thiazole rings is 1. The quantitative estimate of drug-likeness (QED) is 0.102. The summed E-state index contributed by atoms with van der Waals surface area (Å²) in [6, 6.07) is 9.23. The number of carbonyl (C=O) groups is 1. The van der Waals surface area contributed by atoms with Crippen molar-refractivity contribution in [2.45, 2.75) is 19.8 Å². The minimum Gasteiger partial charge on any atom is -0.493 e. The number of nitrogens with zero attached hydrogens (tertiary/aromatic N) is 4. The summed E-state index contributed by atoms with van der Waals surface area (Å²) in [7, 11) is -2.95. The number of anilines is 3. The van der Waals surface area contributed by atoms with Crippen LogP contribution in [0.3, 0.4) is 0 Å². The van der Waals surface area contributed by atoms with E-state index < -0.39 is 13.6 Å². The van der Waals surface area contributed by atoms with E-state index >= 15 is 0 Å². The SMILES string of the molecule is CCN(CCCOc1cc2ncnc(Nc3ncc(CC(=O)Nc4cccc(F)c4)s3)c2cc1OC)CCOP(=O)(O)O. The fourth-order valence-corrected chi connectivity index (χ4v) is 5.23. The molecule has 43 heavy (non-hydrogen) atoms. The number of hydrogen-bond acceptors (Lipinski definition) is 11. The summed E-state index contributed by atoms with van der Waals surface area (Å²) in [5, 5.41) is 7.05. The minimum absolute atomic E-state index is 0.0677. The van der Waals surface area contributed by atoms with Crippen LogP contribution in [-0.4, -0.2) is 75.5 Å². The zero-order valence-corrected chi connectivity index (χ0v) is 25.2. The molecule has 0 spiro atoms. The van der Waals surface area contributed by atoms with Crippen molar-refractivity contribution in [3.8, 4) is 11.5 Å². The molecule has 2 heterocycles. The number of carbonyl (C=O) groups excluding carboxylic acids is 1. The third-order valence-corrected chi connectivity index (χ3v) is 7.56. The van der Waals surface area contributed by atoms with Crippen LogP contribution in [-0.2, 0) is 20.3 Å². The number of aromatic nitrogens is 3. The highest BCUT2D eigenvalue weighted by molar-refractivity contribution is 7.46. The maximum atomic E-state index is 13.4. The first-order chi connectivity index (χ1) is 20.6. The number of likely N-dealkylation sites (N-methyl/N-ethyl adjacent to an activating group) is 1. The molecule has 4 N–H and O–H groups in total. The minimum atomic E-state index is -4.48. The average Bonchev–Trinajstić information content (AvgIpc) is 3.39. The number of halogens is 1. The van der Waals surface area contributed by atoms with Gasteiger partial charge in [-0.15, -0.1) is 11.3 Å². The molecule has 2 aromatic heterocycles. The summed E-state index contributed by atoms with van der Waals surface area (Å²) in [5.74, 6) is 0.771. The summed E-state index contributed by atoms with van der Waals surface area (Å²) < 4.78 is 40.3. The third kappa shape index (κ3) is 9.92. The lowest BCUT2D eigenvalue weighted by Gasteiger charge is -2.20. The highest BCUT2D eigenvalue weighted by Crippen LogP contribution is 2.36. The van der Waals surface area contributed by atoms with Crippen LogP contribution in [0.4, 0.5) is 21.0 Å². The molecule has 2 aromatic carbocycles. The standard InChI is InChI=1S/C27H32FN6O7PS/c1-3-34(9-11-41-42(36,37)38)8-5-10-40-24-15-22-21(14-23(24)39-2)26(31-17-30-22)33-27-29-16-20(43-27)13-25(35)32-19-7-4-6-18(28)12-19/h4,6-7,12,14-17H,3,5,8-11,13H2,1-2H3,(H,32,35)(H2,36,37,38)(H,29,30,31,33). The smallest absolute Gasteiger partial charge is 0.469 e. The topological polar surface area (TPSA) is 168 Å². The molecule has 0 aliphatic heterocycles. The Morgan fingerprint density at radius 3 is 2.70 bits per heavy atom. The van der Waals surface area contributed by atoms with Gasteiger partial charge < -0.3 is 34.8 Å². The van der Waals surface area contributed by atoms with Crippen LogP contribution in [0.15, 0.2) is 48.9 Å². The lowest BCUT2D eigenvalue weighted by atomic mass is 10.2. The van der Waals surface area contributed by atoms with E-state index in [4.69, 9.17) is 19.3 Å². The first-order valence-corrected chi connectivity index (χ1v) is 15.6. The van der Waals surface area contributed by atoms with E-state index in [0.717, 1.165) is 0 Å². The van der Waals surface area contributed by atoms with Crippen molar-refractivity contribution in [1.29, 1.82) is 0 Å². The van der Waals surface area contributed by atoms with Crippen molar-refractivity contribution in [2.24, 2.45) is 0 Å². The van der Waals surface area contributed by atoms with E-state index in [1.54, 1.807) is 24.4 Å². The van der Waals surface area contributed by atoms with Gasteiger partial charge in [-0.1, -0.05) is 13.0 Å². The molecular formula is C27H32FN6O7PS. The largest absolute Gasteiger partial charge is 0.493 e. The molecule has 0 aliphatic carbocycles. The van der Waals surface area contributed by atoms with Gasteiger partial charge in [0.25, 0.3) is 0 Å². The molecule has 0 saturated heterocycles. The molecular weight excluding hydrogens is 602 g/mol. The number of ether oxygens (including phenoxy) is 2. The molecule has 0 unspecified atom stereocenters. The number of nitrogens with one attached hydrogen (secondary N) is 2. The summed E-state index contributed by atoms with van der Waals surface area (Å²) in [6.45, 7) is 3.99. The molecule has 0 fully saturated rings. The Labute approximate surface area is 251 Å². The Morgan fingerprint density at radius 2 is 1.95 bits per heavy atom. The molecule has 230 valence electrons. The number of rotatable bonds is 16. The van der Waals surface area contributed by atoms with Gasteiger partial charge in [0.1, 0.15) is 18.0 Å². The van der Waals surface area contributed by atoms with Gasteiger partial charge in [0.05, 0.1) is 32.3 Å². The number of methoxy groups -OCH3 is 1. The Kier molecular flexibility index (Phi) is 11.3. The lowest BCUT2D eigenvalue weighted by Crippen LogP contribution is -2.29. The molecule has 4 aromatic rings. The van der Waals surface area contributed by atoms with Crippen LogP contribution < -0.4 is 20.1 Å². The second-order valence-electron chi connectivity index (χ2n) is 9.19. The Morgan fingerprint density at radius 1 is 1.12 bits per heavy atom. The molecule has 0 atom stereocenters. The van der Waals surface area contributed by atoms with Gasteiger partial charge in [-0.2, -0.15) is 0 Å². The van der Waals surface area contributed by atoms with Crippen molar-refractivity contribution in [2.75, 3.05) is 50.6 Å². The summed E-state index contributed by atoms with van der Waals surface area (Å²) in [6.07, 6.45) is 3.75. The van der Waals surface area contributed by atoms with Crippen LogP contribution in [0.1, 0.15) is 18.2 Å². The molecule has 16 heteroatoms. The van der Waals surface area contributed by atoms with Gasteiger partial charge in [-0.25, -0.2) is 23.9 Å². The van der Waals surface area contributed by atoms with E-state index in [9.17, 15) is 13.8 Å². The molecule has 1 amide bonds. The maximum Gasteiger partial charge on any atom is 0.469 e. The first-order valence-electron chi connectivity index (χ1n) is 13.3. The van der Waals surface area contributed by atoms with Crippen LogP contribution in [0, 0.1) is 5.82 Å². The van der Waals surface area contributed by atoms with Crippen molar-refractivity contribution >= 4 is 52.6 Å². The monoisotopic (exact) mass is 634 g/mol. The number of phosphoric acid groups is 1. The highest BCUT2D eigenvalue weighted by Gasteiger charge is 2.16. The molecule has 13 nitrogen and oxygen atoms in total. The normalized spacial score (nSPS) is 11.6. The highest BCUT2D eigenvalue weighted by atomic mass is 32.1. The third-order valence-electron chi connectivity index (χ3n) is 6.13. The van der Waals surface area contributed by atoms with E-state index in [2.05, 4.69) is 30.1 Å². The Bertz CT molecular complexity index is 1590. The average molecular weight is 635 g/mol. The van der Waals surface area contributed by atoms with E-state index in [1.807, 2.05) is 11.8 Å². The second kappa shape index (κ2) is 15.1. The lowest BCUT2D eigenvalue weighted by molar-refractivity contribution is -0.115. The van der Waals surface area contributed by atoms with Crippen LogP contribution >= 0.6 is 19.2 Å². The number of hydrogen-bond donors (Lipinski definition) is 4. The molecule has 0 aliphatic rings. The van der Waals surface area contributed by atoms with Gasteiger partial charge in [-0.05, 0) is 37.2 Å². The molecule has 4 rings (SSSR count). The number of phosphoric ester groups is 1. The zero-order valence-electron chi connectivity index (χ0n) is 23.5. The van der Waals surface area contributed by atoms with Crippen LogP contribution in [0.5, 0.6) is 11.5 Å². The zero-order chi connectivity index (χ0) is 30.8. The van der Waals surface area contributed by atoms with Crippen molar-refractivity contribution in [3.63, 3.8) is 0 Å². The summed E-state index contributed by atoms with van der Waals surface area (Å²) in [4.78, 5) is 45.9. The predicted octanol–water partition coefficient (Wildman–Crippen LogP) is 4.36. The predicted molar refractivity (Wildman–Crippen MR) is 160 cm³/mol. The molecule has 0 bridgehead atoms. The molecule has 0 saturated carbocycles. The number of amides is 1. The maximum absolute atomic E-state index is 13.4. The summed E-state index contributed by atoms with van der Waals surface area (Å²) >= 11 is 1.29. The van der Waals surface area contributed by atoms with Gasteiger partial charge in [0.15, 0.2) is 16.6 Å². The van der Waals surface area contributed by atoms with Crippen LogP contribution in [0.2, 0.25) is 0 Å². The fraction of sp³-hybridized carbons (Fsp3) is 0.333. The molecule has 0 radical (unpaired) electrons. The summed E-state index contributed by atoms with van der Waals surface area (Å²) in [5.41, 5.74) is 0.996. The van der Waals surface area contributed by atoms with E-state index in [-0.39, 0.29) is 18.9 Å². The first kappa shape index (κ1) is 32.2. The Balaban J connectivity index is 1.35. The van der Waals surface area contributed by atoms with Crippen LogP contribution in [0.25, 0.3) is 10.9 Å². The van der Waals surface area contributed by atoms with E-state index in [0.29, 0.717) is 76.6 Å². The van der Waals surface area contributed by atoms with E-state index in [1.165, 1.54) is 43.0 Å². The van der Waals surface area contributed by atoms with Crippen molar-refractivity contribution < 1.29 is 37.5 Å². The fourth-order valence-electron chi connectivity index (χ4n) is 4.10. The Hall–Kier alpha value is -3.72. The van der Waals surface area contributed by atoms with Crippen molar-refractivity contribution in [3.05, 3.63) is 59.6 Å². The van der Waals surface area contributed by atoms with Gasteiger partial charge in [-0.3, -0.25) is 9.32 Å². The van der Waals surface area contributed by atoms with Crippen molar-refractivity contribution in [1.82, 2.24) is 19.9 Å². The van der Waals surface area contributed by atoms with Gasteiger partial charge in [0.2, 0.25) is 5.91 Å². The number of fused-ring (bicyclic) bond motifs is 1. The van der Waals surface area contributed by atoms with Gasteiger partial charge >= 0.3 is 7.82 Å². The second-order valence-corrected chi connectivity index (χ2v) is 11.5. The van der Waals surface area contributed by atoms with Gasteiger partial charge in [0, 0.05) is 41.3 Å².